The van der Waals surface area contributed by atoms with Crippen molar-refractivity contribution in [1.29, 1.82) is 5.26 Å². The summed E-state index contributed by atoms with van der Waals surface area (Å²) in [5.41, 5.74) is 3.22. The van der Waals surface area contributed by atoms with Gasteiger partial charge in [0.05, 0.1) is 0 Å². The Kier molecular flexibility index (Phi) is 4.26. The van der Waals surface area contributed by atoms with Gasteiger partial charge in [-0.2, -0.15) is 5.26 Å². The van der Waals surface area contributed by atoms with E-state index in [1.807, 2.05) is 6.07 Å². The summed E-state index contributed by atoms with van der Waals surface area (Å²) in [5, 5.41) is 20.0. The van der Waals surface area contributed by atoms with Gasteiger partial charge in [-0.05, 0) is 43.5 Å². The van der Waals surface area contributed by atoms with Gasteiger partial charge in [0.2, 0.25) is 0 Å². The highest BCUT2D eigenvalue weighted by molar-refractivity contribution is 5.36. The van der Waals surface area contributed by atoms with E-state index in [2.05, 4.69) is 58.5 Å². The third-order valence-electron chi connectivity index (χ3n) is 4.47. The van der Waals surface area contributed by atoms with Gasteiger partial charge in [-0.25, -0.2) is 0 Å². The van der Waals surface area contributed by atoms with Crippen LogP contribution in [0.15, 0.2) is 36.4 Å². The van der Waals surface area contributed by atoms with Crippen LogP contribution in [0.2, 0.25) is 0 Å². The standard InChI is InChI=1S/C18H21N5/c1-18(2,13-20-17-8-7-16(11-19)21-22-17)23-10-9-14-5-3-4-6-15(14)12-23/h3-8H,9-10,12-13H2,1-2H3,(H,20,22). The topological polar surface area (TPSA) is 64.8 Å². The Morgan fingerprint density at radius 3 is 2.65 bits per heavy atom. The second-order valence-electron chi connectivity index (χ2n) is 6.52. The highest BCUT2D eigenvalue weighted by Crippen LogP contribution is 2.25. The SMILES string of the molecule is CC(C)(CNc1ccc(C#N)nn1)N1CCc2ccccc2C1. The number of hydrogen-bond donors (Lipinski definition) is 1. The second kappa shape index (κ2) is 6.35. The van der Waals surface area contributed by atoms with Crippen LogP contribution in [0.5, 0.6) is 0 Å². The molecule has 0 unspecified atom stereocenters. The molecule has 0 fully saturated rings. The molecular formula is C18H21N5. The Morgan fingerprint density at radius 2 is 1.96 bits per heavy atom. The molecule has 3 rings (SSSR count). The summed E-state index contributed by atoms with van der Waals surface area (Å²) in [6.45, 7) is 7.29. The normalized spacial score (nSPS) is 14.8. The van der Waals surface area contributed by atoms with E-state index in [0.29, 0.717) is 11.5 Å². The number of aromatic nitrogens is 2. The van der Waals surface area contributed by atoms with E-state index in [1.165, 1.54) is 11.1 Å². The molecule has 2 heterocycles. The summed E-state index contributed by atoms with van der Waals surface area (Å²) < 4.78 is 0. The first-order valence-electron chi connectivity index (χ1n) is 7.88. The smallest absolute Gasteiger partial charge is 0.163 e. The van der Waals surface area contributed by atoms with Crippen molar-refractivity contribution in [3.63, 3.8) is 0 Å². The molecule has 23 heavy (non-hydrogen) atoms. The molecule has 0 bridgehead atoms. The van der Waals surface area contributed by atoms with Gasteiger partial charge < -0.3 is 5.32 Å². The van der Waals surface area contributed by atoms with Crippen molar-refractivity contribution in [3.05, 3.63) is 53.2 Å². The van der Waals surface area contributed by atoms with Crippen molar-refractivity contribution in [2.24, 2.45) is 0 Å². The molecule has 0 amide bonds. The Balaban J connectivity index is 1.64. The molecule has 5 heteroatoms. The number of anilines is 1. The first-order chi connectivity index (χ1) is 11.1. The second-order valence-corrected chi connectivity index (χ2v) is 6.52. The van der Waals surface area contributed by atoms with E-state index in [4.69, 9.17) is 5.26 Å². The minimum absolute atomic E-state index is 0.00309. The average molecular weight is 307 g/mol. The summed E-state index contributed by atoms with van der Waals surface area (Å²) in [5.74, 6) is 0.703. The Labute approximate surface area is 137 Å². The molecule has 1 aliphatic heterocycles. The minimum Gasteiger partial charge on any atom is -0.367 e. The minimum atomic E-state index is 0.00309. The van der Waals surface area contributed by atoms with Crippen LogP contribution < -0.4 is 5.32 Å². The van der Waals surface area contributed by atoms with E-state index in [9.17, 15) is 0 Å². The molecule has 0 radical (unpaired) electrons. The lowest BCUT2D eigenvalue weighted by Gasteiger charge is -2.41. The average Bonchev–Trinajstić information content (AvgIpc) is 2.60. The van der Waals surface area contributed by atoms with Crippen LogP contribution in [0.25, 0.3) is 0 Å². The highest BCUT2D eigenvalue weighted by Gasteiger charge is 2.29. The first-order valence-corrected chi connectivity index (χ1v) is 7.88. The van der Waals surface area contributed by atoms with Crippen LogP contribution in [0.3, 0.4) is 0 Å². The lowest BCUT2D eigenvalue weighted by molar-refractivity contribution is 0.115. The number of nitrogens with one attached hydrogen (secondary N) is 1. The monoisotopic (exact) mass is 307 g/mol. The molecular weight excluding hydrogens is 286 g/mol. The van der Waals surface area contributed by atoms with E-state index >= 15 is 0 Å². The number of nitriles is 1. The van der Waals surface area contributed by atoms with Crippen molar-refractivity contribution in [2.45, 2.75) is 32.4 Å². The molecule has 1 aromatic heterocycles. The molecule has 118 valence electrons. The van der Waals surface area contributed by atoms with Gasteiger partial charge in [-0.15, -0.1) is 10.2 Å². The molecule has 0 saturated carbocycles. The number of nitrogens with zero attached hydrogens (tertiary/aromatic N) is 4. The molecule has 1 aliphatic rings. The third kappa shape index (κ3) is 3.49. The lowest BCUT2D eigenvalue weighted by atomic mass is 9.94. The van der Waals surface area contributed by atoms with Gasteiger partial charge in [0, 0.05) is 25.2 Å². The summed E-state index contributed by atoms with van der Waals surface area (Å²) in [6, 6.07) is 14.1. The van der Waals surface area contributed by atoms with E-state index in [-0.39, 0.29) is 5.54 Å². The number of benzene rings is 1. The predicted octanol–water partition coefficient (Wildman–Crippen LogP) is 2.60. The van der Waals surface area contributed by atoms with Crippen LogP contribution in [0.1, 0.15) is 30.7 Å². The zero-order valence-corrected chi connectivity index (χ0v) is 13.6. The quantitative estimate of drug-likeness (QED) is 0.940. The van der Waals surface area contributed by atoms with Crippen molar-refractivity contribution in [2.75, 3.05) is 18.4 Å². The summed E-state index contributed by atoms with van der Waals surface area (Å²) >= 11 is 0. The third-order valence-corrected chi connectivity index (χ3v) is 4.47. The summed E-state index contributed by atoms with van der Waals surface area (Å²) in [7, 11) is 0. The van der Waals surface area contributed by atoms with Gasteiger partial charge in [0.25, 0.3) is 0 Å². The summed E-state index contributed by atoms with van der Waals surface area (Å²) in [4.78, 5) is 2.50. The zero-order valence-electron chi connectivity index (χ0n) is 13.6. The fourth-order valence-corrected chi connectivity index (χ4v) is 2.92. The van der Waals surface area contributed by atoms with Crippen molar-refractivity contribution >= 4 is 5.82 Å². The zero-order chi connectivity index (χ0) is 16.3. The molecule has 1 N–H and O–H groups in total. The number of fused-ring (bicyclic) bond motifs is 1. The maximum Gasteiger partial charge on any atom is 0.163 e. The lowest BCUT2D eigenvalue weighted by Crippen LogP contribution is -2.50. The Bertz CT molecular complexity index is 715. The fraction of sp³-hybridized carbons (Fsp3) is 0.389. The van der Waals surface area contributed by atoms with Crippen LogP contribution in [0, 0.1) is 11.3 Å². The molecule has 0 saturated heterocycles. The van der Waals surface area contributed by atoms with E-state index in [1.54, 1.807) is 12.1 Å². The van der Waals surface area contributed by atoms with Gasteiger partial charge in [-0.1, -0.05) is 24.3 Å². The van der Waals surface area contributed by atoms with E-state index < -0.39 is 0 Å². The molecule has 1 aromatic carbocycles. The molecule has 0 atom stereocenters. The van der Waals surface area contributed by atoms with Crippen LogP contribution in [-0.2, 0) is 13.0 Å². The highest BCUT2D eigenvalue weighted by atomic mass is 15.2. The van der Waals surface area contributed by atoms with Gasteiger partial charge >= 0.3 is 0 Å². The molecule has 5 nitrogen and oxygen atoms in total. The van der Waals surface area contributed by atoms with Crippen LogP contribution in [0.4, 0.5) is 5.82 Å². The summed E-state index contributed by atoms with van der Waals surface area (Å²) in [6.07, 6.45) is 1.09. The first kappa shape index (κ1) is 15.4. The van der Waals surface area contributed by atoms with Gasteiger partial charge in [0.15, 0.2) is 5.69 Å². The largest absolute Gasteiger partial charge is 0.367 e. The Hall–Kier alpha value is -2.45. The van der Waals surface area contributed by atoms with Crippen molar-refractivity contribution in [3.8, 4) is 6.07 Å². The molecule has 0 aliphatic carbocycles. The van der Waals surface area contributed by atoms with Crippen molar-refractivity contribution < 1.29 is 0 Å². The fourth-order valence-electron chi connectivity index (χ4n) is 2.92. The van der Waals surface area contributed by atoms with Crippen LogP contribution >= 0.6 is 0 Å². The predicted molar refractivity (Wildman–Crippen MR) is 89.9 cm³/mol. The molecule has 0 spiro atoms. The van der Waals surface area contributed by atoms with Gasteiger partial charge in [-0.3, -0.25) is 4.90 Å². The van der Waals surface area contributed by atoms with Crippen molar-refractivity contribution in [1.82, 2.24) is 15.1 Å². The van der Waals surface area contributed by atoms with Crippen LogP contribution in [-0.4, -0.2) is 33.7 Å². The maximum atomic E-state index is 8.76. The number of rotatable bonds is 4. The Morgan fingerprint density at radius 1 is 1.17 bits per heavy atom. The molecule has 2 aromatic rings. The van der Waals surface area contributed by atoms with Gasteiger partial charge in [0.1, 0.15) is 11.9 Å². The maximum absolute atomic E-state index is 8.76. The van der Waals surface area contributed by atoms with E-state index in [0.717, 1.165) is 26.1 Å². The number of hydrogen-bond acceptors (Lipinski definition) is 5.